The molecule has 0 aromatic heterocycles. The van der Waals surface area contributed by atoms with Gasteiger partial charge in [-0.2, -0.15) is 0 Å². The molecule has 0 saturated heterocycles. The lowest BCUT2D eigenvalue weighted by Crippen LogP contribution is -2.34. The van der Waals surface area contributed by atoms with E-state index in [0.717, 1.165) is 13.0 Å². The molecule has 2 nitrogen and oxygen atoms in total. The van der Waals surface area contributed by atoms with Crippen molar-refractivity contribution < 1.29 is 0 Å². The molecule has 19 heavy (non-hydrogen) atoms. The predicted octanol–water partition coefficient (Wildman–Crippen LogP) is 4.14. The van der Waals surface area contributed by atoms with Crippen molar-refractivity contribution in [1.82, 2.24) is 0 Å². The number of hydrogen-bond donors (Lipinski definition) is 2. The van der Waals surface area contributed by atoms with E-state index in [1.54, 1.807) is 0 Å². The summed E-state index contributed by atoms with van der Waals surface area (Å²) < 4.78 is 0. The van der Waals surface area contributed by atoms with Crippen LogP contribution in [0, 0.1) is 13.8 Å². The van der Waals surface area contributed by atoms with Gasteiger partial charge in [0.1, 0.15) is 0 Å². The lowest BCUT2D eigenvalue weighted by atomic mass is 9.84. The Morgan fingerprint density at radius 2 is 1.47 bits per heavy atom. The van der Waals surface area contributed by atoms with Crippen molar-refractivity contribution in [2.75, 3.05) is 11.9 Å². The highest BCUT2D eigenvalue weighted by Crippen LogP contribution is 2.29. The van der Waals surface area contributed by atoms with Crippen LogP contribution in [0.3, 0.4) is 0 Å². The Hall–Kier alpha value is -1.02. The zero-order valence-electron chi connectivity index (χ0n) is 13.6. The minimum absolute atomic E-state index is 0.111. The lowest BCUT2D eigenvalue weighted by Gasteiger charge is -2.24. The third-order valence-electron chi connectivity index (χ3n) is 3.47. The monoisotopic (exact) mass is 262 g/mol. The number of anilines is 1. The van der Waals surface area contributed by atoms with E-state index in [4.69, 9.17) is 5.73 Å². The van der Waals surface area contributed by atoms with Crippen molar-refractivity contribution in [1.29, 1.82) is 0 Å². The fourth-order valence-corrected chi connectivity index (χ4v) is 2.19. The minimum Gasteiger partial charge on any atom is -0.385 e. The Morgan fingerprint density at radius 1 is 1.00 bits per heavy atom. The molecule has 0 amide bonds. The average molecular weight is 262 g/mol. The van der Waals surface area contributed by atoms with E-state index >= 15 is 0 Å². The molecule has 0 radical (unpaired) electrons. The highest BCUT2D eigenvalue weighted by atomic mass is 14.9. The second kappa shape index (κ2) is 5.54. The highest BCUT2D eigenvalue weighted by molar-refractivity contribution is 5.59. The first-order valence-electron chi connectivity index (χ1n) is 7.15. The molecule has 0 fully saturated rings. The first kappa shape index (κ1) is 16.0. The first-order valence-corrected chi connectivity index (χ1v) is 7.15. The molecule has 0 spiro atoms. The molecule has 0 atom stereocenters. The third kappa shape index (κ3) is 4.87. The van der Waals surface area contributed by atoms with Crippen molar-refractivity contribution in [3.8, 4) is 0 Å². The topological polar surface area (TPSA) is 38.0 Å². The third-order valence-corrected chi connectivity index (χ3v) is 3.47. The maximum Gasteiger partial charge on any atom is 0.0399 e. The molecule has 0 aliphatic rings. The van der Waals surface area contributed by atoms with Gasteiger partial charge in [0.05, 0.1) is 0 Å². The van der Waals surface area contributed by atoms with Gasteiger partial charge in [-0.25, -0.2) is 0 Å². The number of benzene rings is 1. The molecule has 0 saturated carbocycles. The van der Waals surface area contributed by atoms with Gasteiger partial charge in [-0.1, -0.05) is 32.9 Å². The molecule has 0 bridgehead atoms. The molecule has 0 aliphatic carbocycles. The van der Waals surface area contributed by atoms with E-state index in [1.165, 1.54) is 22.4 Å². The van der Waals surface area contributed by atoms with Crippen LogP contribution in [0.2, 0.25) is 0 Å². The molecule has 108 valence electrons. The Morgan fingerprint density at radius 3 is 1.84 bits per heavy atom. The lowest BCUT2D eigenvalue weighted by molar-refractivity contribution is 0.490. The van der Waals surface area contributed by atoms with Crippen LogP contribution in [-0.4, -0.2) is 12.1 Å². The summed E-state index contributed by atoms with van der Waals surface area (Å²) in [5, 5.41) is 3.54. The van der Waals surface area contributed by atoms with Gasteiger partial charge in [-0.3, -0.25) is 0 Å². The predicted molar refractivity (Wildman–Crippen MR) is 86.0 cm³/mol. The Labute approximate surface area is 118 Å². The number of aryl methyl sites for hydroxylation is 2. The molecule has 1 aromatic carbocycles. The molecule has 1 aromatic rings. The molecule has 1 rings (SSSR count). The number of nitrogens with two attached hydrogens (primary N) is 1. The first-order chi connectivity index (χ1) is 8.50. The van der Waals surface area contributed by atoms with E-state index in [0.29, 0.717) is 0 Å². The average Bonchev–Trinajstić information content (AvgIpc) is 2.18. The van der Waals surface area contributed by atoms with Crippen LogP contribution < -0.4 is 11.1 Å². The molecule has 3 N–H and O–H groups in total. The Kier molecular flexibility index (Phi) is 4.67. The van der Waals surface area contributed by atoms with Gasteiger partial charge in [0.25, 0.3) is 0 Å². The van der Waals surface area contributed by atoms with E-state index in [-0.39, 0.29) is 11.0 Å². The molecule has 2 heteroatoms. The van der Waals surface area contributed by atoms with Gasteiger partial charge in [0.2, 0.25) is 0 Å². The van der Waals surface area contributed by atoms with E-state index in [1.807, 2.05) is 0 Å². The van der Waals surface area contributed by atoms with E-state index < -0.39 is 0 Å². The van der Waals surface area contributed by atoms with Crippen LogP contribution in [0.5, 0.6) is 0 Å². The van der Waals surface area contributed by atoms with Gasteiger partial charge < -0.3 is 11.1 Å². The summed E-state index contributed by atoms with van der Waals surface area (Å²) in [5.74, 6) is 0. The zero-order chi connectivity index (χ0) is 14.8. The quantitative estimate of drug-likeness (QED) is 0.856. The molecular formula is C17H30N2. The summed E-state index contributed by atoms with van der Waals surface area (Å²) in [6.07, 6.45) is 0.965. The highest BCUT2D eigenvalue weighted by Gasteiger charge is 2.16. The summed E-state index contributed by atoms with van der Waals surface area (Å²) in [7, 11) is 0. The largest absolute Gasteiger partial charge is 0.385 e. The van der Waals surface area contributed by atoms with Gasteiger partial charge in [0, 0.05) is 17.8 Å². The summed E-state index contributed by atoms with van der Waals surface area (Å²) in [6, 6.07) is 4.59. The minimum atomic E-state index is -0.111. The normalized spacial score (nSPS) is 12.6. The van der Waals surface area contributed by atoms with Crippen LogP contribution in [-0.2, 0) is 5.41 Å². The Bertz CT molecular complexity index is 411. The molecule has 0 aliphatic heterocycles. The number of rotatable bonds is 4. The number of hydrogen-bond acceptors (Lipinski definition) is 2. The SMILES string of the molecule is Cc1cc(C(C)(C)C)cc(C)c1NCCC(C)(C)N. The van der Waals surface area contributed by atoms with E-state index in [9.17, 15) is 0 Å². The van der Waals surface area contributed by atoms with E-state index in [2.05, 4.69) is 65.9 Å². The van der Waals surface area contributed by atoms with Crippen molar-refractivity contribution in [2.45, 2.75) is 65.8 Å². The van der Waals surface area contributed by atoms with Crippen LogP contribution in [0.25, 0.3) is 0 Å². The van der Waals surface area contributed by atoms with Gasteiger partial charge in [0.15, 0.2) is 0 Å². The summed E-state index contributed by atoms with van der Waals surface area (Å²) in [6.45, 7) is 16.2. The standard InChI is InChI=1S/C17H30N2/c1-12-10-14(16(3,4)5)11-13(2)15(12)19-9-8-17(6,7)18/h10-11,19H,8-9,18H2,1-7H3. The van der Waals surface area contributed by atoms with Gasteiger partial charge in [-0.05, 0) is 56.2 Å². The maximum atomic E-state index is 6.02. The molecular weight excluding hydrogens is 232 g/mol. The fourth-order valence-electron chi connectivity index (χ4n) is 2.19. The van der Waals surface area contributed by atoms with Crippen molar-refractivity contribution in [3.63, 3.8) is 0 Å². The second-order valence-electron chi connectivity index (χ2n) is 7.40. The van der Waals surface area contributed by atoms with Crippen molar-refractivity contribution in [3.05, 3.63) is 28.8 Å². The maximum absolute atomic E-state index is 6.02. The van der Waals surface area contributed by atoms with Crippen LogP contribution in [0.4, 0.5) is 5.69 Å². The molecule has 0 unspecified atom stereocenters. The summed E-state index contributed by atoms with van der Waals surface area (Å²) in [4.78, 5) is 0. The number of nitrogens with one attached hydrogen (secondary N) is 1. The van der Waals surface area contributed by atoms with Crippen molar-refractivity contribution in [2.24, 2.45) is 5.73 Å². The molecule has 0 heterocycles. The smallest absolute Gasteiger partial charge is 0.0399 e. The summed E-state index contributed by atoms with van der Waals surface area (Å²) >= 11 is 0. The van der Waals surface area contributed by atoms with Gasteiger partial charge >= 0.3 is 0 Å². The van der Waals surface area contributed by atoms with Crippen molar-refractivity contribution >= 4 is 5.69 Å². The van der Waals surface area contributed by atoms with Crippen LogP contribution >= 0.6 is 0 Å². The fraction of sp³-hybridized carbons (Fsp3) is 0.647. The van der Waals surface area contributed by atoms with Crippen LogP contribution in [0.1, 0.15) is 57.7 Å². The zero-order valence-corrected chi connectivity index (χ0v) is 13.6. The van der Waals surface area contributed by atoms with Gasteiger partial charge in [-0.15, -0.1) is 0 Å². The second-order valence-corrected chi connectivity index (χ2v) is 7.40. The van der Waals surface area contributed by atoms with Crippen LogP contribution in [0.15, 0.2) is 12.1 Å². The Balaban J connectivity index is 2.87. The summed E-state index contributed by atoms with van der Waals surface area (Å²) in [5.41, 5.74) is 11.4.